The van der Waals surface area contributed by atoms with E-state index in [0.29, 0.717) is 4.47 Å². The molecule has 0 heterocycles. The molecule has 1 aliphatic rings. The highest BCUT2D eigenvalue weighted by Gasteiger charge is 2.29. The van der Waals surface area contributed by atoms with Gasteiger partial charge in [-0.15, -0.1) is 0 Å². The summed E-state index contributed by atoms with van der Waals surface area (Å²) in [6, 6.07) is 20.2. The maximum absolute atomic E-state index is 12.4. The second-order valence-electron chi connectivity index (χ2n) is 8.12. The Balaban J connectivity index is 1.32. The molecule has 8 heteroatoms. The number of nitrogens with one attached hydrogen (secondary N) is 2. The first-order valence-corrected chi connectivity index (χ1v) is 11.6. The van der Waals surface area contributed by atoms with E-state index in [1.165, 1.54) is 12.1 Å². The van der Waals surface area contributed by atoms with Crippen LogP contribution in [0.2, 0.25) is 0 Å². The third kappa shape index (κ3) is 5.12. The molecule has 0 spiro atoms. The Morgan fingerprint density at radius 3 is 2.24 bits per heavy atom. The van der Waals surface area contributed by atoms with Crippen LogP contribution in [0.3, 0.4) is 0 Å². The molecule has 3 aromatic carbocycles. The molecule has 7 nitrogen and oxygen atoms in total. The summed E-state index contributed by atoms with van der Waals surface area (Å²) in [5, 5.41) is 14.6. The third-order valence-electron chi connectivity index (χ3n) is 5.69. The van der Waals surface area contributed by atoms with Crippen molar-refractivity contribution < 1.29 is 24.2 Å². The SMILES string of the molecule is C[C@@H](CC(=O)Nc1ccc(Br)cc1C(=O)O)NC(=O)OCC1c2ccccc2-c2ccccc21. The van der Waals surface area contributed by atoms with E-state index in [9.17, 15) is 19.5 Å². The maximum Gasteiger partial charge on any atom is 0.407 e. The van der Waals surface area contributed by atoms with Crippen LogP contribution in [-0.2, 0) is 9.53 Å². The molecule has 0 aliphatic heterocycles. The zero-order chi connectivity index (χ0) is 24.2. The number of anilines is 1. The molecule has 2 amide bonds. The van der Waals surface area contributed by atoms with Gasteiger partial charge in [0.1, 0.15) is 6.61 Å². The number of hydrogen-bond donors (Lipinski definition) is 3. The van der Waals surface area contributed by atoms with Crippen LogP contribution in [0.15, 0.2) is 71.2 Å². The van der Waals surface area contributed by atoms with Crippen LogP contribution in [-0.4, -0.2) is 35.7 Å². The summed E-state index contributed by atoms with van der Waals surface area (Å²) >= 11 is 3.22. The molecule has 1 aliphatic carbocycles. The molecule has 174 valence electrons. The van der Waals surface area contributed by atoms with Crippen molar-refractivity contribution in [2.45, 2.75) is 25.3 Å². The van der Waals surface area contributed by atoms with E-state index in [1.807, 2.05) is 36.4 Å². The molecule has 1 atom stereocenters. The summed E-state index contributed by atoms with van der Waals surface area (Å²) in [7, 11) is 0. The number of carbonyl (C=O) groups is 3. The normalized spacial score (nSPS) is 12.9. The number of ether oxygens (including phenoxy) is 1. The van der Waals surface area contributed by atoms with Crippen molar-refractivity contribution in [2.75, 3.05) is 11.9 Å². The minimum absolute atomic E-state index is 0.0279. The predicted octanol–water partition coefficient (Wildman–Crippen LogP) is 5.40. The van der Waals surface area contributed by atoms with Crippen molar-refractivity contribution in [3.8, 4) is 11.1 Å². The van der Waals surface area contributed by atoms with Crippen molar-refractivity contribution in [3.63, 3.8) is 0 Å². The Morgan fingerprint density at radius 1 is 1.00 bits per heavy atom. The highest BCUT2D eigenvalue weighted by molar-refractivity contribution is 9.10. The third-order valence-corrected chi connectivity index (χ3v) is 6.18. The van der Waals surface area contributed by atoms with Crippen LogP contribution in [0.1, 0.15) is 40.7 Å². The number of carboxylic acid groups (broad SMARTS) is 1. The first-order chi connectivity index (χ1) is 16.3. The molecule has 0 aromatic heterocycles. The predicted molar refractivity (Wildman–Crippen MR) is 132 cm³/mol. The zero-order valence-electron chi connectivity index (χ0n) is 18.4. The van der Waals surface area contributed by atoms with Gasteiger partial charge in [-0.3, -0.25) is 4.79 Å². The Labute approximate surface area is 205 Å². The summed E-state index contributed by atoms with van der Waals surface area (Å²) < 4.78 is 6.10. The van der Waals surface area contributed by atoms with Gasteiger partial charge in [-0.25, -0.2) is 9.59 Å². The number of hydrogen-bond acceptors (Lipinski definition) is 4. The molecule has 0 radical (unpaired) electrons. The highest BCUT2D eigenvalue weighted by Crippen LogP contribution is 2.44. The summed E-state index contributed by atoms with van der Waals surface area (Å²) in [5.74, 6) is -1.62. The monoisotopic (exact) mass is 522 g/mol. The molecule has 0 saturated carbocycles. The summed E-state index contributed by atoms with van der Waals surface area (Å²) in [4.78, 5) is 36.2. The quantitative estimate of drug-likeness (QED) is 0.385. The number of amides is 2. The first-order valence-electron chi connectivity index (χ1n) is 10.8. The number of aromatic carboxylic acids is 1. The topological polar surface area (TPSA) is 105 Å². The Hall–Kier alpha value is -3.65. The molecule has 0 saturated heterocycles. The number of rotatable bonds is 7. The molecular formula is C26H23BrN2O5. The second kappa shape index (κ2) is 10.1. The molecule has 34 heavy (non-hydrogen) atoms. The summed E-state index contributed by atoms with van der Waals surface area (Å²) in [6.07, 6.45) is -0.656. The van der Waals surface area contributed by atoms with Gasteiger partial charge in [-0.2, -0.15) is 0 Å². The molecule has 0 unspecified atom stereocenters. The van der Waals surface area contributed by atoms with Crippen molar-refractivity contribution in [1.82, 2.24) is 5.32 Å². The fourth-order valence-corrected chi connectivity index (χ4v) is 4.54. The van der Waals surface area contributed by atoms with Crippen molar-refractivity contribution >= 4 is 39.6 Å². The fourth-order valence-electron chi connectivity index (χ4n) is 4.17. The van der Waals surface area contributed by atoms with Crippen LogP contribution >= 0.6 is 15.9 Å². The van der Waals surface area contributed by atoms with E-state index in [1.54, 1.807) is 13.0 Å². The molecule has 0 bridgehead atoms. The number of halogens is 1. The average Bonchev–Trinajstić information content (AvgIpc) is 3.12. The van der Waals surface area contributed by atoms with E-state index >= 15 is 0 Å². The van der Waals surface area contributed by atoms with Gasteiger partial charge >= 0.3 is 12.1 Å². The largest absolute Gasteiger partial charge is 0.478 e. The number of benzene rings is 3. The van der Waals surface area contributed by atoms with E-state index in [-0.39, 0.29) is 30.2 Å². The van der Waals surface area contributed by atoms with Crippen LogP contribution in [0, 0.1) is 0 Å². The molecule has 4 rings (SSSR count). The van der Waals surface area contributed by atoms with Gasteiger partial charge < -0.3 is 20.5 Å². The summed E-state index contributed by atoms with van der Waals surface area (Å²) in [6.45, 7) is 1.86. The maximum atomic E-state index is 12.4. The van der Waals surface area contributed by atoms with E-state index in [0.717, 1.165) is 22.3 Å². The minimum Gasteiger partial charge on any atom is -0.478 e. The first kappa shape index (κ1) is 23.5. The lowest BCUT2D eigenvalue weighted by Gasteiger charge is -2.17. The average molecular weight is 523 g/mol. The Morgan fingerprint density at radius 2 is 1.62 bits per heavy atom. The van der Waals surface area contributed by atoms with Gasteiger partial charge in [-0.05, 0) is 47.4 Å². The number of carboxylic acids is 1. The van der Waals surface area contributed by atoms with E-state index in [2.05, 4.69) is 38.7 Å². The zero-order valence-corrected chi connectivity index (χ0v) is 20.0. The molecule has 3 N–H and O–H groups in total. The fraction of sp³-hybridized carbons (Fsp3) is 0.192. The standard InChI is InChI=1S/C26H23BrN2O5/c1-15(12-24(30)29-23-11-10-16(27)13-21(23)25(31)32)28-26(33)34-14-22-19-8-4-2-6-17(19)18-7-3-5-9-20(18)22/h2-11,13,15,22H,12,14H2,1H3,(H,28,33)(H,29,30)(H,31,32)/t15-/m0/s1. The van der Waals surface area contributed by atoms with Gasteiger partial charge in [0.15, 0.2) is 0 Å². The van der Waals surface area contributed by atoms with Crippen molar-refractivity contribution in [2.24, 2.45) is 0 Å². The van der Waals surface area contributed by atoms with Crippen molar-refractivity contribution in [3.05, 3.63) is 87.9 Å². The smallest absolute Gasteiger partial charge is 0.407 e. The van der Waals surface area contributed by atoms with Gasteiger partial charge in [0, 0.05) is 22.9 Å². The van der Waals surface area contributed by atoms with E-state index < -0.39 is 24.0 Å². The number of fused-ring (bicyclic) bond motifs is 3. The van der Waals surface area contributed by atoms with Crippen molar-refractivity contribution in [1.29, 1.82) is 0 Å². The van der Waals surface area contributed by atoms with Crippen LogP contribution < -0.4 is 10.6 Å². The Kier molecular flexibility index (Phi) is 6.98. The van der Waals surface area contributed by atoms with Crippen LogP contribution in [0.4, 0.5) is 10.5 Å². The number of alkyl carbamates (subject to hydrolysis) is 1. The van der Waals surface area contributed by atoms with Gasteiger partial charge in [0.05, 0.1) is 11.3 Å². The lowest BCUT2D eigenvalue weighted by molar-refractivity contribution is -0.116. The molecule has 0 fully saturated rings. The van der Waals surface area contributed by atoms with Gasteiger partial charge in [-0.1, -0.05) is 64.5 Å². The molecule has 3 aromatic rings. The van der Waals surface area contributed by atoms with Crippen LogP contribution in [0.5, 0.6) is 0 Å². The lowest BCUT2D eigenvalue weighted by Crippen LogP contribution is -2.36. The highest BCUT2D eigenvalue weighted by atomic mass is 79.9. The van der Waals surface area contributed by atoms with Gasteiger partial charge in [0.25, 0.3) is 0 Å². The van der Waals surface area contributed by atoms with Gasteiger partial charge in [0.2, 0.25) is 5.91 Å². The minimum atomic E-state index is -1.15. The van der Waals surface area contributed by atoms with E-state index in [4.69, 9.17) is 4.74 Å². The molecular weight excluding hydrogens is 500 g/mol. The van der Waals surface area contributed by atoms with Crippen LogP contribution in [0.25, 0.3) is 11.1 Å². The second-order valence-corrected chi connectivity index (χ2v) is 9.03. The lowest BCUT2D eigenvalue weighted by atomic mass is 9.98. The summed E-state index contributed by atoms with van der Waals surface area (Å²) in [5.41, 5.74) is 4.69. The number of carbonyl (C=O) groups excluding carboxylic acids is 2. The Bertz CT molecular complexity index is 1210.